The van der Waals surface area contributed by atoms with Gasteiger partial charge < -0.3 is 11.1 Å². The second-order valence-corrected chi connectivity index (χ2v) is 5.98. The number of rotatable bonds is 4. The van der Waals surface area contributed by atoms with E-state index in [1.807, 2.05) is 0 Å². The molecule has 8 nitrogen and oxygen atoms in total. The average Bonchev–Trinajstić information content (AvgIpc) is 3.07. The maximum absolute atomic E-state index is 12.3. The summed E-state index contributed by atoms with van der Waals surface area (Å²) in [5, 5.41) is 18.2. The Kier molecular flexibility index (Phi) is 6.11. The van der Waals surface area contributed by atoms with Crippen LogP contribution in [0.15, 0.2) is 36.5 Å². The van der Waals surface area contributed by atoms with Crippen LogP contribution in [0.4, 0.5) is 5.69 Å². The van der Waals surface area contributed by atoms with E-state index in [4.69, 9.17) is 5.73 Å². The summed E-state index contributed by atoms with van der Waals surface area (Å²) >= 11 is 0. The fourth-order valence-electron chi connectivity index (χ4n) is 2.91. The van der Waals surface area contributed by atoms with Crippen molar-refractivity contribution in [3.63, 3.8) is 0 Å². The first-order valence-electron chi connectivity index (χ1n) is 7.90. The van der Waals surface area contributed by atoms with Gasteiger partial charge in [-0.05, 0) is 37.8 Å². The Hall–Kier alpha value is -2.45. The van der Waals surface area contributed by atoms with Crippen molar-refractivity contribution in [2.75, 3.05) is 0 Å². The molecule has 3 rings (SSSR count). The molecule has 0 atom stereocenters. The van der Waals surface area contributed by atoms with Crippen molar-refractivity contribution in [2.24, 2.45) is 5.73 Å². The number of aromatic nitrogens is 2. The monoisotopic (exact) mass is 365 g/mol. The van der Waals surface area contributed by atoms with Crippen LogP contribution >= 0.6 is 12.4 Å². The number of nitro benzene ring substituents is 1. The molecule has 1 saturated carbocycles. The Morgan fingerprint density at radius 3 is 2.60 bits per heavy atom. The molecule has 0 saturated heterocycles. The number of halogens is 1. The summed E-state index contributed by atoms with van der Waals surface area (Å²) in [7, 11) is 0. The SMILES string of the molecule is Cl.NC1CCC(NC(=O)c2ccn(-c3ccccc3[N+](=O)[O-])n2)CC1. The molecular weight excluding hydrogens is 346 g/mol. The number of nitrogens with one attached hydrogen (secondary N) is 1. The van der Waals surface area contributed by atoms with Crippen molar-refractivity contribution in [1.29, 1.82) is 0 Å². The maximum Gasteiger partial charge on any atom is 0.294 e. The summed E-state index contributed by atoms with van der Waals surface area (Å²) in [6.45, 7) is 0. The lowest BCUT2D eigenvalue weighted by Gasteiger charge is -2.26. The summed E-state index contributed by atoms with van der Waals surface area (Å²) in [6.07, 6.45) is 5.06. The zero-order valence-electron chi connectivity index (χ0n) is 13.5. The average molecular weight is 366 g/mol. The van der Waals surface area contributed by atoms with Gasteiger partial charge in [0.1, 0.15) is 5.69 Å². The number of para-hydroxylation sites is 2. The van der Waals surface area contributed by atoms with Gasteiger partial charge in [0.05, 0.1) is 4.92 Å². The molecule has 0 radical (unpaired) electrons. The number of nitro groups is 1. The van der Waals surface area contributed by atoms with Gasteiger partial charge in [-0.1, -0.05) is 12.1 Å². The molecule has 0 bridgehead atoms. The summed E-state index contributed by atoms with van der Waals surface area (Å²) in [5.41, 5.74) is 6.36. The summed E-state index contributed by atoms with van der Waals surface area (Å²) < 4.78 is 1.35. The number of nitrogens with zero attached hydrogens (tertiary/aromatic N) is 3. The Morgan fingerprint density at radius 2 is 1.92 bits per heavy atom. The minimum Gasteiger partial charge on any atom is -0.348 e. The molecule has 1 aliphatic rings. The fraction of sp³-hybridized carbons (Fsp3) is 0.375. The summed E-state index contributed by atoms with van der Waals surface area (Å²) in [5.74, 6) is -0.271. The van der Waals surface area contributed by atoms with E-state index in [-0.39, 0.29) is 41.8 Å². The van der Waals surface area contributed by atoms with Crippen molar-refractivity contribution in [3.8, 4) is 5.69 Å². The lowest BCUT2D eigenvalue weighted by molar-refractivity contribution is -0.384. The third-order valence-corrected chi connectivity index (χ3v) is 4.25. The normalized spacial score (nSPS) is 19.7. The van der Waals surface area contributed by atoms with E-state index in [9.17, 15) is 14.9 Å². The first-order valence-corrected chi connectivity index (χ1v) is 7.90. The van der Waals surface area contributed by atoms with E-state index in [2.05, 4.69) is 10.4 Å². The van der Waals surface area contributed by atoms with E-state index in [0.717, 1.165) is 25.7 Å². The molecule has 25 heavy (non-hydrogen) atoms. The van der Waals surface area contributed by atoms with Crippen LogP contribution < -0.4 is 11.1 Å². The molecular formula is C16H20ClN5O3. The van der Waals surface area contributed by atoms with E-state index >= 15 is 0 Å². The second kappa shape index (κ2) is 8.09. The molecule has 1 fully saturated rings. The molecule has 0 unspecified atom stereocenters. The highest BCUT2D eigenvalue weighted by atomic mass is 35.5. The van der Waals surface area contributed by atoms with Gasteiger partial charge in [-0.3, -0.25) is 14.9 Å². The minimum atomic E-state index is -0.470. The van der Waals surface area contributed by atoms with Crippen LogP contribution in [0.1, 0.15) is 36.2 Å². The Morgan fingerprint density at radius 1 is 1.24 bits per heavy atom. The summed E-state index contributed by atoms with van der Waals surface area (Å²) in [4.78, 5) is 22.9. The fourth-order valence-corrected chi connectivity index (χ4v) is 2.91. The number of carbonyl (C=O) groups excluding carboxylic acids is 1. The van der Waals surface area contributed by atoms with Crippen LogP contribution in [0.3, 0.4) is 0 Å². The van der Waals surface area contributed by atoms with Gasteiger partial charge in [0.2, 0.25) is 0 Å². The number of hydrogen-bond acceptors (Lipinski definition) is 5. The van der Waals surface area contributed by atoms with Gasteiger partial charge >= 0.3 is 0 Å². The molecule has 1 aromatic carbocycles. The van der Waals surface area contributed by atoms with Crippen molar-refractivity contribution in [2.45, 2.75) is 37.8 Å². The Bertz CT molecular complexity index is 756. The van der Waals surface area contributed by atoms with Crippen LogP contribution in [0.5, 0.6) is 0 Å². The Balaban J connectivity index is 0.00000225. The second-order valence-electron chi connectivity index (χ2n) is 5.98. The first kappa shape index (κ1) is 18.9. The molecule has 1 amide bonds. The number of amides is 1. The highest BCUT2D eigenvalue weighted by Crippen LogP contribution is 2.22. The number of benzene rings is 1. The molecule has 2 aromatic rings. The number of nitrogens with two attached hydrogens (primary N) is 1. The van der Waals surface area contributed by atoms with E-state index in [1.165, 1.54) is 10.7 Å². The number of hydrogen-bond donors (Lipinski definition) is 2. The van der Waals surface area contributed by atoms with Crippen LogP contribution in [-0.2, 0) is 0 Å². The third-order valence-electron chi connectivity index (χ3n) is 4.25. The van der Waals surface area contributed by atoms with Gasteiger partial charge in [-0.25, -0.2) is 4.68 Å². The predicted octanol–water partition coefficient (Wildman–Crippen LogP) is 2.20. The number of carbonyl (C=O) groups is 1. The van der Waals surface area contributed by atoms with E-state index in [0.29, 0.717) is 5.69 Å². The van der Waals surface area contributed by atoms with Gasteiger partial charge in [0.15, 0.2) is 5.69 Å². The molecule has 0 spiro atoms. The van der Waals surface area contributed by atoms with Crippen LogP contribution in [0, 0.1) is 10.1 Å². The van der Waals surface area contributed by atoms with Crippen molar-refractivity contribution < 1.29 is 9.72 Å². The lowest BCUT2D eigenvalue weighted by Crippen LogP contribution is -2.40. The molecule has 1 heterocycles. The van der Waals surface area contributed by atoms with Crippen LogP contribution in [0.2, 0.25) is 0 Å². The van der Waals surface area contributed by atoms with Gasteiger partial charge in [-0.15, -0.1) is 12.4 Å². The smallest absolute Gasteiger partial charge is 0.294 e. The summed E-state index contributed by atoms with van der Waals surface area (Å²) in [6, 6.07) is 8.16. The molecule has 3 N–H and O–H groups in total. The highest BCUT2D eigenvalue weighted by molar-refractivity contribution is 5.92. The lowest BCUT2D eigenvalue weighted by atomic mass is 9.92. The van der Waals surface area contributed by atoms with Crippen molar-refractivity contribution >= 4 is 24.0 Å². The van der Waals surface area contributed by atoms with E-state index < -0.39 is 4.92 Å². The van der Waals surface area contributed by atoms with E-state index in [1.54, 1.807) is 30.5 Å². The maximum atomic E-state index is 12.3. The quantitative estimate of drug-likeness (QED) is 0.636. The molecule has 1 aromatic heterocycles. The Labute approximate surface area is 151 Å². The standard InChI is InChI=1S/C16H19N5O3.ClH/c17-11-5-7-12(8-6-11)18-16(22)13-9-10-20(19-13)14-3-1-2-4-15(14)21(23)24;/h1-4,9-12H,5-8,17H2,(H,18,22);1H. The zero-order valence-corrected chi connectivity index (χ0v) is 14.3. The third kappa shape index (κ3) is 4.34. The van der Waals surface area contributed by atoms with Gasteiger partial charge in [-0.2, -0.15) is 5.10 Å². The molecule has 134 valence electrons. The topological polar surface area (TPSA) is 116 Å². The molecule has 0 aliphatic heterocycles. The van der Waals surface area contributed by atoms with Gasteiger partial charge in [0.25, 0.3) is 11.6 Å². The van der Waals surface area contributed by atoms with Crippen LogP contribution in [0.25, 0.3) is 5.69 Å². The van der Waals surface area contributed by atoms with Crippen LogP contribution in [-0.4, -0.2) is 32.7 Å². The van der Waals surface area contributed by atoms with Crippen molar-refractivity contribution in [1.82, 2.24) is 15.1 Å². The largest absolute Gasteiger partial charge is 0.348 e. The highest BCUT2D eigenvalue weighted by Gasteiger charge is 2.22. The zero-order chi connectivity index (χ0) is 17.1. The predicted molar refractivity (Wildman–Crippen MR) is 95.2 cm³/mol. The molecule has 9 heteroatoms. The minimum absolute atomic E-state index is 0. The van der Waals surface area contributed by atoms with Gasteiger partial charge in [0, 0.05) is 24.3 Å². The first-order chi connectivity index (χ1) is 11.5. The molecule has 1 aliphatic carbocycles. The van der Waals surface area contributed by atoms with Crippen molar-refractivity contribution in [3.05, 3.63) is 52.3 Å².